The fourth-order valence-corrected chi connectivity index (χ4v) is 0.951. The molecular weight excluding hydrogens is 172 g/mol. The molecule has 1 atom stereocenters. The molecule has 1 N–H and O–H groups in total. The molecule has 12 heavy (non-hydrogen) atoms. The first-order chi connectivity index (χ1) is 5.38. The molecule has 0 bridgehead atoms. The van der Waals surface area contributed by atoms with Gasteiger partial charge in [0, 0.05) is 0 Å². The van der Waals surface area contributed by atoms with Gasteiger partial charge in [-0.1, -0.05) is 30.3 Å². The van der Waals surface area contributed by atoms with Gasteiger partial charge < -0.3 is 5.32 Å². The van der Waals surface area contributed by atoms with Crippen LogP contribution in [0.4, 0.5) is 0 Å². The second-order valence-electron chi connectivity index (χ2n) is 2.26. The molecule has 0 aromatic heterocycles. The molecule has 3 heteroatoms. The van der Waals surface area contributed by atoms with Gasteiger partial charge in [-0.05, 0) is 12.6 Å². The van der Waals surface area contributed by atoms with Crippen LogP contribution in [-0.2, 0) is 0 Å². The van der Waals surface area contributed by atoms with Crippen LogP contribution in [0.2, 0.25) is 0 Å². The van der Waals surface area contributed by atoms with Crippen molar-refractivity contribution >= 4 is 12.4 Å². The van der Waals surface area contributed by atoms with E-state index in [1.54, 1.807) is 7.05 Å². The number of hydrogen-bond acceptors (Lipinski definition) is 2. The first-order valence-corrected chi connectivity index (χ1v) is 3.50. The number of nitrogens with zero attached hydrogens (tertiary/aromatic N) is 1. The second kappa shape index (κ2) is 5.59. The summed E-state index contributed by atoms with van der Waals surface area (Å²) in [5.74, 6) is 0. The van der Waals surface area contributed by atoms with E-state index >= 15 is 0 Å². The molecule has 0 amide bonds. The molecule has 0 fully saturated rings. The van der Waals surface area contributed by atoms with Gasteiger partial charge in [0.1, 0.15) is 6.04 Å². The lowest BCUT2D eigenvalue weighted by molar-refractivity contribution is 0.727. The van der Waals surface area contributed by atoms with Gasteiger partial charge in [0.05, 0.1) is 6.07 Å². The van der Waals surface area contributed by atoms with Crippen molar-refractivity contribution in [3.05, 3.63) is 35.9 Å². The summed E-state index contributed by atoms with van der Waals surface area (Å²) in [5.41, 5.74) is 1.01. The minimum Gasteiger partial charge on any atom is -0.301 e. The zero-order chi connectivity index (χ0) is 8.10. The third-order valence-corrected chi connectivity index (χ3v) is 1.55. The van der Waals surface area contributed by atoms with Crippen LogP contribution in [0.15, 0.2) is 30.3 Å². The number of nitriles is 1. The first-order valence-electron chi connectivity index (χ1n) is 3.50. The average molecular weight is 183 g/mol. The van der Waals surface area contributed by atoms with Crippen LogP contribution in [0.25, 0.3) is 0 Å². The highest BCUT2D eigenvalue weighted by Crippen LogP contribution is 2.09. The summed E-state index contributed by atoms with van der Waals surface area (Å²) in [6.45, 7) is 0. The Labute approximate surface area is 78.6 Å². The van der Waals surface area contributed by atoms with Crippen molar-refractivity contribution in [2.24, 2.45) is 0 Å². The molecule has 64 valence electrons. The molecular formula is C9H11ClN2. The van der Waals surface area contributed by atoms with E-state index in [1.807, 2.05) is 30.3 Å². The SMILES string of the molecule is CNC(C#N)c1ccccc1.Cl. The highest BCUT2D eigenvalue weighted by atomic mass is 35.5. The van der Waals surface area contributed by atoms with Gasteiger partial charge in [-0.2, -0.15) is 5.26 Å². The summed E-state index contributed by atoms with van der Waals surface area (Å²) in [6, 6.07) is 11.6. The topological polar surface area (TPSA) is 35.8 Å². The first kappa shape index (κ1) is 11.0. The normalized spacial score (nSPS) is 11.0. The van der Waals surface area contributed by atoms with Crippen LogP contribution in [0.1, 0.15) is 11.6 Å². The van der Waals surface area contributed by atoms with Crippen molar-refractivity contribution in [1.29, 1.82) is 5.26 Å². The van der Waals surface area contributed by atoms with E-state index < -0.39 is 0 Å². The summed E-state index contributed by atoms with van der Waals surface area (Å²) >= 11 is 0. The minimum absolute atomic E-state index is 0. The highest BCUT2D eigenvalue weighted by molar-refractivity contribution is 5.85. The lowest BCUT2D eigenvalue weighted by Gasteiger charge is -2.05. The van der Waals surface area contributed by atoms with Gasteiger partial charge in [0.2, 0.25) is 0 Å². The minimum atomic E-state index is -0.184. The fraction of sp³-hybridized carbons (Fsp3) is 0.222. The zero-order valence-corrected chi connectivity index (χ0v) is 7.64. The van der Waals surface area contributed by atoms with Crippen molar-refractivity contribution < 1.29 is 0 Å². The molecule has 0 aliphatic carbocycles. The number of nitrogens with one attached hydrogen (secondary N) is 1. The quantitative estimate of drug-likeness (QED) is 0.759. The van der Waals surface area contributed by atoms with Crippen LogP contribution >= 0.6 is 12.4 Å². The predicted octanol–water partition coefficient (Wildman–Crippen LogP) is 1.89. The monoisotopic (exact) mass is 182 g/mol. The lowest BCUT2D eigenvalue weighted by atomic mass is 10.1. The Morgan fingerprint density at radius 2 is 1.92 bits per heavy atom. The molecule has 0 aliphatic heterocycles. The van der Waals surface area contributed by atoms with E-state index in [-0.39, 0.29) is 18.4 Å². The van der Waals surface area contributed by atoms with Crippen LogP contribution < -0.4 is 5.32 Å². The van der Waals surface area contributed by atoms with Crippen LogP contribution in [0.5, 0.6) is 0 Å². The molecule has 1 rings (SSSR count). The summed E-state index contributed by atoms with van der Waals surface area (Å²) in [5, 5.41) is 11.6. The Kier molecular flexibility index (Phi) is 5.11. The third-order valence-electron chi connectivity index (χ3n) is 1.55. The smallest absolute Gasteiger partial charge is 0.121 e. The van der Waals surface area contributed by atoms with Crippen LogP contribution in [-0.4, -0.2) is 7.05 Å². The van der Waals surface area contributed by atoms with Crippen molar-refractivity contribution in [3.8, 4) is 6.07 Å². The van der Waals surface area contributed by atoms with Crippen LogP contribution in [0.3, 0.4) is 0 Å². The van der Waals surface area contributed by atoms with Crippen molar-refractivity contribution in [2.45, 2.75) is 6.04 Å². The lowest BCUT2D eigenvalue weighted by Crippen LogP contribution is -2.13. The summed E-state index contributed by atoms with van der Waals surface area (Å²) in [4.78, 5) is 0. The highest BCUT2D eigenvalue weighted by Gasteiger charge is 2.04. The van der Waals surface area contributed by atoms with Gasteiger partial charge in [-0.15, -0.1) is 12.4 Å². The summed E-state index contributed by atoms with van der Waals surface area (Å²) < 4.78 is 0. The van der Waals surface area contributed by atoms with E-state index in [0.717, 1.165) is 5.56 Å². The van der Waals surface area contributed by atoms with Crippen molar-refractivity contribution in [3.63, 3.8) is 0 Å². The fourth-order valence-electron chi connectivity index (χ4n) is 0.951. The maximum Gasteiger partial charge on any atom is 0.121 e. The van der Waals surface area contributed by atoms with Gasteiger partial charge in [-0.3, -0.25) is 0 Å². The van der Waals surface area contributed by atoms with E-state index in [9.17, 15) is 0 Å². The van der Waals surface area contributed by atoms with Gasteiger partial charge in [0.25, 0.3) is 0 Å². The third kappa shape index (κ3) is 2.54. The Balaban J connectivity index is 0.00000121. The van der Waals surface area contributed by atoms with Gasteiger partial charge in [0.15, 0.2) is 0 Å². The molecule has 2 nitrogen and oxygen atoms in total. The largest absolute Gasteiger partial charge is 0.301 e. The molecule has 0 radical (unpaired) electrons. The van der Waals surface area contributed by atoms with Gasteiger partial charge in [-0.25, -0.2) is 0 Å². The molecule has 0 saturated carbocycles. The molecule has 0 heterocycles. The number of halogens is 1. The summed E-state index contributed by atoms with van der Waals surface area (Å²) in [6.07, 6.45) is 0. The van der Waals surface area contributed by atoms with Crippen LogP contribution in [0, 0.1) is 11.3 Å². The van der Waals surface area contributed by atoms with E-state index in [0.29, 0.717) is 0 Å². The van der Waals surface area contributed by atoms with E-state index in [4.69, 9.17) is 5.26 Å². The summed E-state index contributed by atoms with van der Waals surface area (Å²) in [7, 11) is 1.78. The van der Waals surface area contributed by atoms with Crippen molar-refractivity contribution in [2.75, 3.05) is 7.05 Å². The Hall–Kier alpha value is -1.04. The Bertz CT molecular complexity index is 253. The van der Waals surface area contributed by atoms with E-state index in [2.05, 4.69) is 11.4 Å². The maximum absolute atomic E-state index is 8.67. The molecule has 0 spiro atoms. The predicted molar refractivity (Wildman–Crippen MR) is 51.1 cm³/mol. The Morgan fingerprint density at radius 1 is 1.33 bits per heavy atom. The number of rotatable bonds is 2. The second-order valence-corrected chi connectivity index (χ2v) is 2.26. The standard InChI is InChI=1S/C9H10N2.ClH/c1-11-9(7-10)8-5-3-2-4-6-8;/h2-6,9,11H,1H3;1H. The zero-order valence-electron chi connectivity index (χ0n) is 6.82. The van der Waals surface area contributed by atoms with Crippen molar-refractivity contribution in [1.82, 2.24) is 5.32 Å². The van der Waals surface area contributed by atoms with E-state index in [1.165, 1.54) is 0 Å². The molecule has 1 aromatic carbocycles. The molecule has 0 saturated heterocycles. The number of benzene rings is 1. The average Bonchev–Trinajstić information content (AvgIpc) is 2.09. The Morgan fingerprint density at radius 3 is 2.33 bits per heavy atom. The maximum atomic E-state index is 8.67. The number of hydrogen-bond donors (Lipinski definition) is 1. The van der Waals surface area contributed by atoms with Gasteiger partial charge >= 0.3 is 0 Å². The molecule has 1 aromatic rings. The molecule has 1 unspecified atom stereocenters. The molecule has 0 aliphatic rings.